The number of aryl methyl sites for hydroxylation is 2. The predicted molar refractivity (Wildman–Crippen MR) is 64.3 cm³/mol. The summed E-state index contributed by atoms with van der Waals surface area (Å²) in [6.07, 6.45) is 1.76. The minimum Gasteiger partial charge on any atom is -0.489 e. The van der Waals surface area contributed by atoms with E-state index in [1.165, 1.54) is 5.54 Å². The average Bonchev–Trinajstić information content (AvgIpc) is 2.22. The van der Waals surface area contributed by atoms with Gasteiger partial charge in [-0.15, -0.1) is 0 Å². The molecule has 0 aliphatic heterocycles. The van der Waals surface area contributed by atoms with Crippen LogP contribution < -0.4 is 10.5 Å². The fourth-order valence-corrected chi connectivity index (χ4v) is 1.63. The quantitative estimate of drug-likeness (QED) is 0.855. The van der Waals surface area contributed by atoms with Crippen LogP contribution in [-0.4, -0.2) is 6.61 Å². The topological polar surface area (TPSA) is 35.2 Å². The van der Waals surface area contributed by atoms with Gasteiger partial charge in [0.2, 0.25) is 0 Å². The Kier molecular flexibility index (Phi) is 4.66. The second kappa shape index (κ2) is 5.79. The number of rotatable bonds is 4. The highest BCUT2D eigenvalue weighted by atomic mass is 35.5. The molecule has 0 radical (unpaired) electrons. The maximum absolute atomic E-state index is 5.60. The minimum absolute atomic E-state index is 0.493. The SMILES string of the molecule is Cc1cc(CN)cc(C)c1OC/C=C/Cl. The van der Waals surface area contributed by atoms with E-state index in [9.17, 15) is 0 Å². The molecule has 0 heterocycles. The summed E-state index contributed by atoms with van der Waals surface area (Å²) in [4.78, 5) is 0. The van der Waals surface area contributed by atoms with Gasteiger partial charge in [-0.05, 0) is 36.6 Å². The molecule has 0 bridgehead atoms. The van der Waals surface area contributed by atoms with Crippen molar-refractivity contribution in [2.75, 3.05) is 6.61 Å². The van der Waals surface area contributed by atoms with Crippen molar-refractivity contribution in [1.82, 2.24) is 0 Å². The number of hydrogen-bond donors (Lipinski definition) is 1. The molecule has 0 aliphatic carbocycles. The number of hydrogen-bond acceptors (Lipinski definition) is 2. The van der Waals surface area contributed by atoms with Crippen LogP contribution in [0.3, 0.4) is 0 Å². The number of halogens is 1. The third kappa shape index (κ3) is 3.26. The van der Waals surface area contributed by atoms with Gasteiger partial charge < -0.3 is 10.5 Å². The standard InChI is InChI=1S/C12H16ClNO/c1-9-6-11(8-14)7-10(2)12(9)15-5-3-4-13/h3-4,6-7H,5,8,14H2,1-2H3/b4-3+. The Balaban J connectivity index is 2.88. The van der Waals surface area contributed by atoms with Gasteiger partial charge >= 0.3 is 0 Å². The van der Waals surface area contributed by atoms with E-state index in [0.717, 1.165) is 22.4 Å². The summed E-state index contributed by atoms with van der Waals surface area (Å²) < 4.78 is 5.60. The van der Waals surface area contributed by atoms with Crippen LogP contribution in [0.1, 0.15) is 16.7 Å². The second-order valence-corrected chi connectivity index (χ2v) is 3.69. The van der Waals surface area contributed by atoms with E-state index in [1.807, 2.05) is 26.0 Å². The van der Waals surface area contributed by atoms with E-state index < -0.39 is 0 Å². The molecule has 1 aromatic rings. The second-order valence-electron chi connectivity index (χ2n) is 3.44. The smallest absolute Gasteiger partial charge is 0.125 e. The monoisotopic (exact) mass is 225 g/mol. The lowest BCUT2D eigenvalue weighted by Crippen LogP contribution is -2.02. The largest absolute Gasteiger partial charge is 0.489 e. The van der Waals surface area contributed by atoms with E-state index in [2.05, 4.69) is 0 Å². The van der Waals surface area contributed by atoms with Gasteiger partial charge in [-0.25, -0.2) is 0 Å². The molecule has 1 aromatic carbocycles. The lowest BCUT2D eigenvalue weighted by atomic mass is 10.1. The van der Waals surface area contributed by atoms with Gasteiger partial charge in [0.1, 0.15) is 12.4 Å². The van der Waals surface area contributed by atoms with E-state index in [-0.39, 0.29) is 0 Å². The minimum atomic E-state index is 0.493. The van der Waals surface area contributed by atoms with Crippen molar-refractivity contribution >= 4 is 11.6 Å². The maximum atomic E-state index is 5.60. The molecule has 0 spiro atoms. The Hall–Kier alpha value is -0.990. The zero-order valence-electron chi connectivity index (χ0n) is 9.09. The van der Waals surface area contributed by atoms with Crippen LogP contribution in [0, 0.1) is 13.8 Å². The van der Waals surface area contributed by atoms with E-state index in [4.69, 9.17) is 22.1 Å². The van der Waals surface area contributed by atoms with Crippen molar-refractivity contribution in [2.45, 2.75) is 20.4 Å². The first kappa shape index (κ1) is 12.1. The molecule has 82 valence electrons. The van der Waals surface area contributed by atoms with Crippen LogP contribution in [0.2, 0.25) is 0 Å². The fourth-order valence-electron chi connectivity index (χ4n) is 1.55. The van der Waals surface area contributed by atoms with Gasteiger partial charge in [0.15, 0.2) is 0 Å². The third-order valence-corrected chi connectivity index (χ3v) is 2.35. The molecular weight excluding hydrogens is 210 g/mol. The molecule has 2 N–H and O–H groups in total. The van der Waals surface area contributed by atoms with Gasteiger partial charge in [-0.2, -0.15) is 0 Å². The van der Waals surface area contributed by atoms with E-state index >= 15 is 0 Å². The number of nitrogens with two attached hydrogens (primary N) is 1. The fraction of sp³-hybridized carbons (Fsp3) is 0.333. The first-order valence-electron chi connectivity index (χ1n) is 4.87. The molecule has 0 amide bonds. The van der Waals surface area contributed by atoms with Crippen molar-refractivity contribution in [2.24, 2.45) is 5.73 Å². The zero-order valence-corrected chi connectivity index (χ0v) is 9.84. The predicted octanol–water partition coefficient (Wildman–Crippen LogP) is 2.89. The summed E-state index contributed by atoms with van der Waals surface area (Å²) in [6.45, 7) is 5.09. The van der Waals surface area contributed by atoms with Crippen molar-refractivity contribution in [3.63, 3.8) is 0 Å². The summed E-state index contributed by atoms with van der Waals surface area (Å²) in [5.74, 6) is 0.918. The Morgan fingerprint density at radius 3 is 2.40 bits per heavy atom. The van der Waals surface area contributed by atoms with Crippen LogP contribution in [0.5, 0.6) is 5.75 Å². The van der Waals surface area contributed by atoms with Gasteiger partial charge in [0.25, 0.3) is 0 Å². The molecule has 0 atom stereocenters. The van der Waals surface area contributed by atoms with Crippen LogP contribution >= 0.6 is 11.6 Å². The first-order chi connectivity index (χ1) is 7.19. The summed E-state index contributed by atoms with van der Waals surface area (Å²) in [7, 11) is 0. The lowest BCUT2D eigenvalue weighted by molar-refractivity contribution is 0.358. The van der Waals surface area contributed by atoms with E-state index in [0.29, 0.717) is 13.2 Å². The molecule has 0 aliphatic rings. The molecule has 3 heteroatoms. The average molecular weight is 226 g/mol. The summed E-state index contributed by atoms with van der Waals surface area (Å²) in [6, 6.07) is 4.10. The Morgan fingerprint density at radius 1 is 1.33 bits per heavy atom. The molecular formula is C12H16ClNO. The highest BCUT2D eigenvalue weighted by Crippen LogP contribution is 2.24. The molecule has 1 rings (SSSR count). The molecule has 2 nitrogen and oxygen atoms in total. The maximum Gasteiger partial charge on any atom is 0.125 e. The molecule has 15 heavy (non-hydrogen) atoms. The zero-order chi connectivity index (χ0) is 11.3. The normalized spacial score (nSPS) is 10.9. The molecule has 0 saturated carbocycles. The number of ether oxygens (including phenoxy) is 1. The van der Waals surface area contributed by atoms with Gasteiger partial charge in [0, 0.05) is 12.1 Å². The summed E-state index contributed by atoms with van der Waals surface area (Å²) >= 11 is 5.42. The van der Waals surface area contributed by atoms with Crippen molar-refractivity contribution in [1.29, 1.82) is 0 Å². The third-order valence-electron chi connectivity index (χ3n) is 2.17. The molecule has 0 aromatic heterocycles. The van der Waals surface area contributed by atoms with Gasteiger partial charge in [0.05, 0.1) is 0 Å². The highest BCUT2D eigenvalue weighted by molar-refractivity contribution is 6.25. The van der Waals surface area contributed by atoms with E-state index in [1.54, 1.807) is 6.08 Å². The Labute approximate surface area is 95.7 Å². The van der Waals surface area contributed by atoms with Crippen molar-refractivity contribution in [3.8, 4) is 5.75 Å². The molecule has 0 fully saturated rings. The molecule has 0 unspecified atom stereocenters. The van der Waals surface area contributed by atoms with Crippen LogP contribution in [0.25, 0.3) is 0 Å². The van der Waals surface area contributed by atoms with Crippen LogP contribution in [0.4, 0.5) is 0 Å². The summed E-state index contributed by atoms with van der Waals surface area (Å²) in [5.41, 5.74) is 10.4. The number of benzene rings is 1. The molecule has 0 saturated heterocycles. The van der Waals surface area contributed by atoms with Crippen LogP contribution in [0.15, 0.2) is 23.7 Å². The summed E-state index contributed by atoms with van der Waals surface area (Å²) in [5, 5.41) is 0. The van der Waals surface area contributed by atoms with Gasteiger partial charge in [-0.1, -0.05) is 23.7 Å². The Morgan fingerprint density at radius 2 is 1.93 bits per heavy atom. The van der Waals surface area contributed by atoms with Gasteiger partial charge in [-0.3, -0.25) is 0 Å². The van der Waals surface area contributed by atoms with Crippen molar-refractivity contribution in [3.05, 3.63) is 40.4 Å². The van der Waals surface area contributed by atoms with Crippen LogP contribution in [-0.2, 0) is 6.54 Å². The lowest BCUT2D eigenvalue weighted by Gasteiger charge is -2.12. The Bertz CT molecular complexity index is 338. The highest BCUT2D eigenvalue weighted by Gasteiger charge is 2.04. The van der Waals surface area contributed by atoms with Crippen molar-refractivity contribution < 1.29 is 4.74 Å². The first-order valence-corrected chi connectivity index (χ1v) is 5.31.